The number of fused-ring (bicyclic) bond motifs is 1. The van der Waals surface area contributed by atoms with Crippen LogP contribution in [0, 0.1) is 11.6 Å². The molecule has 3 aromatic carbocycles. The zero-order chi connectivity index (χ0) is 33.3. The number of amides is 2. The highest BCUT2D eigenvalue weighted by Gasteiger charge is 2.45. The molecule has 2 aliphatic heterocycles. The quantitative estimate of drug-likeness (QED) is 0.236. The van der Waals surface area contributed by atoms with Crippen molar-refractivity contribution in [3.63, 3.8) is 0 Å². The number of hydrogen-bond donors (Lipinski definition) is 2. The van der Waals surface area contributed by atoms with Crippen LogP contribution < -0.4 is 10.2 Å². The van der Waals surface area contributed by atoms with Crippen molar-refractivity contribution in [1.29, 1.82) is 0 Å². The van der Waals surface area contributed by atoms with Crippen LogP contribution in [0.3, 0.4) is 0 Å². The van der Waals surface area contributed by atoms with Crippen LogP contribution in [0.2, 0.25) is 0 Å². The van der Waals surface area contributed by atoms with Gasteiger partial charge in [-0.2, -0.15) is 5.10 Å². The van der Waals surface area contributed by atoms with Crippen LogP contribution in [-0.4, -0.2) is 98.6 Å². The van der Waals surface area contributed by atoms with Crippen LogP contribution in [0.1, 0.15) is 6.42 Å². The monoisotopic (exact) mass is 668 g/mol. The highest BCUT2D eigenvalue weighted by Crippen LogP contribution is 2.36. The lowest BCUT2D eigenvalue weighted by Crippen LogP contribution is -2.51. The average molecular weight is 669 g/mol. The van der Waals surface area contributed by atoms with Crippen molar-refractivity contribution in [1.82, 2.24) is 30.0 Å². The van der Waals surface area contributed by atoms with Crippen LogP contribution >= 0.6 is 11.8 Å². The maximum atomic E-state index is 15.1. The molecule has 2 saturated heterocycles. The molecule has 13 heteroatoms. The summed E-state index contributed by atoms with van der Waals surface area (Å²) >= 11 is 1.50. The molecular formula is C35H34F2N8O2S. The summed E-state index contributed by atoms with van der Waals surface area (Å²) in [5, 5.41) is 11.3. The summed E-state index contributed by atoms with van der Waals surface area (Å²) in [6, 6.07) is 18.4. The van der Waals surface area contributed by atoms with Crippen molar-refractivity contribution in [3.05, 3.63) is 90.8 Å². The highest BCUT2D eigenvalue weighted by atomic mass is 32.2. The number of hydrogen-bond acceptors (Lipinski definition) is 8. The Morgan fingerprint density at radius 1 is 0.938 bits per heavy atom. The van der Waals surface area contributed by atoms with Gasteiger partial charge in [-0.25, -0.2) is 18.7 Å². The fourth-order valence-corrected chi connectivity index (χ4v) is 7.28. The Hall–Kier alpha value is -4.88. The van der Waals surface area contributed by atoms with Crippen molar-refractivity contribution in [2.24, 2.45) is 0 Å². The molecule has 0 spiro atoms. The summed E-state index contributed by atoms with van der Waals surface area (Å²) in [6.07, 6.45) is 5.78. The van der Waals surface area contributed by atoms with Crippen LogP contribution in [0.15, 0.2) is 79.1 Å². The number of nitrogens with one attached hydrogen (secondary N) is 2. The molecule has 1 atom stereocenters. The van der Waals surface area contributed by atoms with Crippen molar-refractivity contribution < 1.29 is 18.4 Å². The number of H-pyrrole nitrogens is 1. The molecule has 0 aliphatic carbocycles. The second-order valence-corrected chi connectivity index (χ2v) is 13.2. The Balaban J connectivity index is 0.947. The Morgan fingerprint density at radius 3 is 2.42 bits per heavy atom. The van der Waals surface area contributed by atoms with Gasteiger partial charge in [-0.1, -0.05) is 0 Å². The van der Waals surface area contributed by atoms with Crippen molar-refractivity contribution in [2.45, 2.75) is 11.2 Å². The van der Waals surface area contributed by atoms with Crippen molar-refractivity contribution in [3.8, 4) is 22.6 Å². The first kappa shape index (κ1) is 31.7. The number of carbonyl (C=O) groups is 2. The molecule has 2 N–H and O–H groups in total. The van der Waals surface area contributed by atoms with Gasteiger partial charge in [0, 0.05) is 73.9 Å². The number of aromatic nitrogens is 4. The molecule has 4 heterocycles. The van der Waals surface area contributed by atoms with Gasteiger partial charge in [-0.15, -0.1) is 11.8 Å². The molecule has 0 bridgehead atoms. The van der Waals surface area contributed by atoms with E-state index in [1.54, 1.807) is 36.7 Å². The van der Waals surface area contributed by atoms with E-state index in [4.69, 9.17) is 0 Å². The van der Waals surface area contributed by atoms with Gasteiger partial charge in [0.2, 0.25) is 11.8 Å². The van der Waals surface area contributed by atoms with Gasteiger partial charge in [0.25, 0.3) is 0 Å². The molecular weight excluding hydrogens is 635 g/mol. The zero-order valence-corrected chi connectivity index (χ0v) is 27.1. The van der Waals surface area contributed by atoms with Gasteiger partial charge < -0.3 is 15.1 Å². The molecule has 0 saturated carbocycles. The first-order valence-electron chi connectivity index (χ1n) is 15.7. The molecule has 2 aliphatic rings. The van der Waals surface area contributed by atoms with E-state index in [0.29, 0.717) is 74.1 Å². The first-order chi connectivity index (χ1) is 23.3. The Labute approximate surface area is 280 Å². The second-order valence-electron chi connectivity index (χ2n) is 12.1. The lowest BCUT2D eigenvalue weighted by molar-refractivity contribution is -0.132. The standard InChI is InChI=1S/C35H34F2N8O2S/c1-48-35(34(47)40-26-8-9-29-27(20-26)32(42-41-29)23-3-6-25(36)7-4-23)11-14-43(22-35)21-31(46)45-17-15-44(16-18-45)30-10-5-24(19-28(30)37)33-38-12-2-13-39-33/h2-10,12-13,19-20H,11,14-18,21-22H2,1H3,(H,40,47)(H,41,42)/t35-/m0/s1. The summed E-state index contributed by atoms with van der Waals surface area (Å²) in [7, 11) is 0. The van der Waals surface area contributed by atoms with E-state index < -0.39 is 4.75 Å². The molecule has 0 unspecified atom stereocenters. The van der Waals surface area contributed by atoms with E-state index in [1.807, 2.05) is 45.2 Å². The largest absolute Gasteiger partial charge is 0.366 e. The number of rotatable bonds is 8. The lowest BCUT2D eigenvalue weighted by atomic mass is 10.1. The lowest BCUT2D eigenvalue weighted by Gasteiger charge is -2.37. The van der Waals surface area contributed by atoms with Crippen LogP contribution in [0.5, 0.6) is 0 Å². The Bertz CT molecular complexity index is 1950. The maximum Gasteiger partial charge on any atom is 0.241 e. The maximum absolute atomic E-state index is 15.1. The van der Waals surface area contributed by atoms with Gasteiger partial charge in [0.05, 0.1) is 23.4 Å². The number of nitrogens with zero attached hydrogens (tertiary/aromatic N) is 6. The smallest absolute Gasteiger partial charge is 0.241 e. The number of likely N-dealkylation sites (tertiary alicyclic amines) is 1. The van der Waals surface area contributed by atoms with Crippen LogP contribution in [0.25, 0.3) is 33.5 Å². The predicted molar refractivity (Wildman–Crippen MR) is 184 cm³/mol. The fourth-order valence-electron chi connectivity index (χ4n) is 6.44. The van der Waals surface area contributed by atoms with E-state index >= 15 is 4.39 Å². The topological polar surface area (TPSA) is 110 Å². The molecule has 5 aromatic rings. The Morgan fingerprint density at radius 2 is 1.69 bits per heavy atom. The van der Waals surface area contributed by atoms with Gasteiger partial charge in [0.1, 0.15) is 16.4 Å². The number of thioether (sulfide) groups is 1. The number of carbonyl (C=O) groups excluding carboxylic acids is 2. The van der Waals surface area contributed by atoms with Crippen molar-refractivity contribution >= 4 is 45.9 Å². The van der Waals surface area contributed by atoms with Gasteiger partial charge in [-0.3, -0.25) is 19.6 Å². The second kappa shape index (κ2) is 13.3. The van der Waals surface area contributed by atoms with E-state index in [-0.39, 0.29) is 30.0 Å². The molecule has 0 radical (unpaired) electrons. The zero-order valence-electron chi connectivity index (χ0n) is 26.3. The number of aromatic amines is 1. The first-order valence-corrected chi connectivity index (χ1v) is 17.0. The normalized spacial score (nSPS) is 18.4. The minimum absolute atomic E-state index is 0.00254. The number of piperazine rings is 1. The van der Waals surface area contributed by atoms with Gasteiger partial charge in [-0.05, 0) is 79.4 Å². The van der Waals surface area contributed by atoms with Crippen LogP contribution in [0.4, 0.5) is 20.2 Å². The minimum atomic E-state index is -0.710. The SMILES string of the molecule is CS[C@@]1(C(=O)Nc2ccc3[nH]nc(-c4ccc(F)cc4)c3c2)CCN(CC(=O)N2CCN(c3ccc(-c4ncccn4)cc3F)CC2)C1. The molecule has 10 nitrogen and oxygen atoms in total. The molecule has 48 heavy (non-hydrogen) atoms. The summed E-state index contributed by atoms with van der Waals surface area (Å²) in [6.45, 7) is 3.30. The Kier molecular flexibility index (Phi) is 8.80. The molecule has 2 amide bonds. The summed E-state index contributed by atoms with van der Waals surface area (Å²) in [5.74, 6) is -0.310. The van der Waals surface area contributed by atoms with Crippen molar-refractivity contribution in [2.75, 3.05) is 62.3 Å². The predicted octanol–water partition coefficient (Wildman–Crippen LogP) is 5.06. The summed E-state index contributed by atoms with van der Waals surface area (Å²) < 4.78 is 27.8. The third-order valence-electron chi connectivity index (χ3n) is 9.16. The molecule has 2 fully saturated rings. The third-order valence-corrected chi connectivity index (χ3v) is 10.5. The van der Waals surface area contributed by atoms with Gasteiger partial charge >= 0.3 is 0 Å². The molecule has 246 valence electrons. The fraction of sp³-hybridized carbons (Fsp3) is 0.286. The van der Waals surface area contributed by atoms with E-state index in [9.17, 15) is 14.0 Å². The highest BCUT2D eigenvalue weighted by molar-refractivity contribution is 8.00. The number of benzene rings is 3. The van der Waals surface area contributed by atoms with Crippen LogP contribution in [-0.2, 0) is 9.59 Å². The average Bonchev–Trinajstić information content (AvgIpc) is 3.74. The third kappa shape index (κ3) is 6.35. The minimum Gasteiger partial charge on any atom is -0.366 e. The number of halogens is 2. The summed E-state index contributed by atoms with van der Waals surface area (Å²) in [5.41, 5.74) is 3.99. The summed E-state index contributed by atoms with van der Waals surface area (Å²) in [4.78, 5) is 41.2. The van der Waals surface area contributed by atoms with E-state index in [2.05, 4.69) is 25.5 Å². The van der Waals surface area contributed by atoms with Gasteiger partial charge in [0.15, 0.2) is 5.82 Å². The molecule has 2 aromatic heterocycles. The van der Waals surface area contributed by atoms with E-state index in [1.165, 1.54) is 30.0 Å². The number of anilines is 2. The molecule has 7 rings (SSSR count). The van der Waals surface area contributed by atoms with E-state index in [0.717, 1.165) is 16.5 Å².